The molecule has 0 radical (unpaired) electrons. The number of esters is 1. The average molecular weight is 431 g/mol. The quantitative estimate of drug-likeness (QED) is 0.141. The molecule has 0 fully saturated rings. The van der Waals surface area contributed by atoms with Crippen molar-refractivity contribution in [2.45, 2.75) is 106 Å². The van der Waals surface area contributed by atoms with Gasteiger partial charge in [0.15, 0.2) is 0 Å². The zero-order valence-corrected chi connectivity index (χ0v) is 21.2. The Morgan fingerprint density at radius 1 is 0.742 bits per heavy atom. The van der Waals surface area contributed by atoms with Crippen LogP contribution >= 0.6 is 0 Å². The normalized spacial score (nSPS) is 13.7. The molecule has 0 heterocycles. The van der Waals surface area contributed by atoms with E-state index in [1.54, 1.807) is 6.92 Å². The lowest BCUT2D eigenvalue weighted by Gasteiger charge is -2.09. The molecule has 176 valence electrons. The van der Waals surface area contributed by atoms with E-state index in [0.29, 0.717) is 6.61 Å². The van der Waals surface area contributed by atoms with Crippen LogP contribution in [-0.4, -0.2) is 18.4 Å². The molecule has 0 bridgehead atoms. The highest BCUT2D eigenvalue weighted by atomic mass is 16.5. The number of ether oxygens (including phenoxy) is 1. The molecule has 0 amide bonds. The van der Waals surface area contributed by atoms with Crippen molar-refractivity contribution in [3.05, 3.63) is 46.6 Å². The second-order valence-electron chi connectivity index (χ2n) is 8.98. The molecule has 1 atom stereocenters. The van der Waals surface area contributed by atoms with Crippen molar-refractivity contribution < 1.29 is 14.3 Å². The van der Waals surface area contributed by atoms with Gasteiger partial charge in [0.05, 0.1) is 6.61 Å². The summed E-state index contributed by atoms with van der Waals surface area (Å²) in [4.78, 5) is 23.4. The molecule has 0 aromatic rings. The first-order valence-electron chi connectivity index (χ1n) is 11.9. The molecule has 0 N–H and O–H groups in total. The van der Waals surface area contributed by atoms with Gasteiger partial charge in [-0.25, -0.2) is 0 Å². The highest BCUT2D eigenvalue weighted by Crippen LogP contribution is 2.15. The highest BCUT2D eigenvalue weighted by Gasteiger charge is 2.16. The molecule has 0 saturated carbocycles. The SMILES string of the molecule is CCOC(=O)CC(=O)C(C)CCC=C(C)CCC=C(C)CCC=C(C)CCC=C(C)C. The summed E-state index contributed by atoms with van der Waals surface area (Å²) in [6.07, 6.45) is 17.5. The predicted octanol–water partition coefficient (Wildman–Crippen LogP) is 8.07. The summed E-state index contributed by atoms with van der Waals surface area (Å²) in [5, 5.41) is 0. The van der Waals surface area contributed by atoms with Crippen LogP contribution < -0.4 is 0 Å². The van der Waals surface area contributed by atoms with Crippen LogP contribution in [0.5, 0.6) is 0 Å². The number of carbonyl (C=O) groups excluding carboxylic acids is 2. The fourth-order valence-electron chi connectivity index (χ4n) is 3.26. The predicted molar refractivity (Wildman–Crippen MR) is 133 cm³/mol. The Balaban J connectivity index is 4.13. The third kappa shape index (κ3) is 17.5. The monoisotopic (exact) mass is 430 g/mol. The van der Waals surface area contributed by atoms with Gasteiger partial charge in [-0.2, -0.15) is 0 Å². The standard InChI is InChI=1S/C28H46O3/c1-8-31-28(30)21-27(29)26(7)20-12-19-25(6)18-11-17-24(5)16-10-15-23(4)14-9-13-22(2)3/h13,15,17,19,26H,8-12,14,16,18,20-21H2,1-7H3. The molecular weight excluding hydrogens is 384 g/mol. The van der Waals surface area contributed by atoms with Crippen LogP contribution in [0.3, 0.4) is 0 Å². The summed E-state index contributed by atoms with van der Waals surface area (Å²) in [6, 6.07) is 0. The molecule has 31 heavy (non-hydrogen) atoms. The Labute approximate surface area is 191 Å². The van der Waals surface area contributed by atoms with Crippen LogP contribution in [0.2, 0.25) is 0 Å². The van der Waals surface area contributed by atoms with Gasteiger partial charge in [0.2, 0.25) is 0 Å². The Hall–Kier alpha value is -1.90. The molecule has 0 spiro atoms. The van der Waals surface area contributed by atoms with Gasteiger partial charge in [0.25, 0.3) is 0 Å². The van der Waals surface area contributed by atoms with Crippen LogP contribution in [0.15, 0.2) is 46.6 Å². The van der Waals surface area contributed by atoms with Crippen molar-refractivity contribution in [3.8, 4) is 0 Å². The maximum absolute atomic E-state index is 12.0. The third-order valence-corrected chi connectivity index (χ3v) is 5.42. The van der Waals surface area contributed by atoms with Gasteiger partial charge in [-0.05, 0) is 92.9 Å². The molecule has 0 saturated heterocycles. The first-order chi connectivity index (χ1) is 14.6. The minimum absolute atomic E-state index is 0.0238. The molecule has 0 aliphatic rings. The molecular formula is C28H46O3. The molecule has 0 aliphatic carbocycles. The number of carbonyl (C=O) groups is 2. The van der Waals surface area contributed by atoms with Crippen molar-refractivity contribution >= 4 is 11.8 Å². The number of hydrogen-bond donors (Lipinski definition) is 0. The van der Waals surface area contributed by atoms with E-state index in [-0.39, 0.29) is 18.1 Å². The molecule has 0 aromatic carbocycles. The number of rotatable bonds is 16. The summed E-state index contributed by atoms with van der Waals surface area (Å²) in [5.41, 5.74) is 5.70. The number of Topliss-reactive ketones (excluding diaryl/α,β-unsaturated/α-hetero) is 1. The van der Waals surface area contributed by atoms with Crippen LogP contribution in [-0.2, 0) is 14.3 Å². The van der Waals surface area contributed by atoms with Crippen LogP contribution in [0.25, 0.3) is 0 Å². The average Bonchev–Trinajstić information content (AvgIpc) is 2.67. The first-order valence-corrected chi connectivity index (χ1v) is 11.9. The minimum atomic E-state index is -0.414. The van der Waals surface area contributed by atoms with E-state index in [2.05, 4.69) is 58.9 Å². The molecule has 3 nitrogen and oxygen atoms in total. The van der Waals surface area contributed by atoms with E-state index in [1.807, 2.05) is 6.92 Å². The summed E-state index contributed by atoms with van der Waals surface area (Å²) in [5.74, 6) is -0.541. The fourth-order valence-corrected chi connectivity index (χ4v) is 3.26. The van der Waals surface area contributed by atoms with E-state index in [4.69, 9.17) is 4.74 Å². The maximum Gasteiger partial charge on any atom is 0.313 e. The van der Waals surface area contributed by atoms with Gasteiger partial charge in [0.1, 0.15) is 12.2 Å². The fraction of sp³-hybridized carbons (Fsp3) is 0.643. The minimum Gasteiger partial charge on any atom is -0.466 e. The second-order valence-corrected chi connectivity index (χ2v) is 8.98. The topological polar surface area (TPSA) is 43.4 Å². The van der Waals surface area contributed by atoms with Crippen LogP contribution in [0.1, 0.15) is 106 Å². The summed E-state index contributed by atoms with van der Waals surface area (Å²) in [7, 11) is 0. The summed E-state index contributed by atoms with van der Waals surface area (Å²) < 4.78 is 4.85. The molecule has 3 heteroatoms. The number of hydrogen-bond acceptors (Lipinski definition) is 3. The first kappa shape index (κ1) is 29.1. The summed E-state index contributed by atoms with van der Waals surface area (Å²) in [6.45, 7) is 14.9. The lowest BCUT2D eigenvalue weighted by atomic mass is 9.97. The van der Waals surface area contributed by atoms with Crippen LogP contribution in [0, 0.1) is 5.92 Å². The Bertz CT molecular complexity index is 658. The smallest absolute Gasteiger partial charge is 0.313 e. The zero-order valence-electron chi connectivity index (χ0n) is 21.2. The van der Waals surface area contributed by atoms with E-state index < -0.39 is 5.97 Å². The van der Waals surface area contributed by atoms with Crippen molar-refractivity contribution in [1.29, 1.82) is 0 Å². The Morgan fingerprint density at radius 3 is 1.65 bits per heavy atom. The number of allylic oxidation sites excluding steroid dienone is 8. The van der Waals surface area contributed by atoms with Crippen molar-refractivity contribution in [2.24, 2.45) is 5.92 Å². The lowest BCUT2D eigenvalue weighted by Crippen LogP contribution is -2.17. The molecule has 0 rings (SSSR count). The maximum atomic E-state index is 12.0. The van der Waals surface area contributed by atoms with Crippen molar-refractivity contribution in [2.75, 3.05) is 6.61 Å². The second kappa shape index (κ2) is 17.7. The van der Waals surface area contributed by atoms with Gasteiger partial charge < -0.3 is 4.74 Å². The number of ketones is 1. The van der Waals surface area contributed by atoms with Gasteiger partial charge in [-0.1, -0.05) is 53.5 Å². The van der Waals surface area contributed by atoms with Gasteiger partial charge in [0, 0.05) is 5.92 Å². The Morgan fingerprint density at radius 2 is 1.19 bits per heavy atom. The van der Waals surface area contributed by atoms with Gasteiger partial charge >= 0.3 is 5.97 Å². The zero-order chi connectivity index (χ0) is 23.6. The van der Waals surface area contributed by atoms with Crippen molar-refractivity contribution in [1.82, 2.24) is 0 Å². The van der Waals surface area contributed by atoms with Crippen LogP contribution in [0.4, 0.5) is 0 Å². The largest absolute Gasteiger partial charge is 0.466 e. The van der Waals surface area contributed by atoms with E-state index >= 15 is 0 Å². The lowest BCUT2D eigenvalue weighted by molar-refractivity contribution is -0.146. The highest BCUT2D eigenvalue weighted by molar-refractivity contribution is 5.96. The summed E-state index contributed by atoms with van der Waals surface area (Å²) >= 11 is 0. The van der Waals surface area contributed by atoms with E-state index in [0.717, 1.165) is 51.4 Å². The van der Waals surface area contributed by atoms with E-state index in [1.165, 1.54) is 22.3 Å². The molecule has 1 unspecified atom stereocenters. The van der Waals surface area contributed by atoms with Gasteiger partial charge in [-0.3, -0.25) is 9.59 Å². The molecule has 0 aromatic heterocycles. The Kier molecular flexibility index (Phi) is 16.7. The molecule has 0 aliphatic heterocycles. The van der Waals surface area contributed by atoms with E-state index in [9.17, 15) is 9.59 Å². The van der Waals surface area contributed by atoms with Gasteiger partial charge in [-0.15, -0.1) is 0 Å². The third-order valence-electron chi connectivity index (χ3n) is 5.42. The van der Waals surface area contributed by atoms with Crippen molar-refractivity contribution in [3.63, 3.8) is 0 Å².